The van der Waals surface area contributed by atoms with Gasteiger partial charge in [-0.25, -0.2) is 9.18 Å². The molecule has 0 unspecified atom stereocenters. The van der Waals surface area contributed by atoms with Crippen molar-refractivity contribution in [2.75, 3.05) is 12.3 Å². The van der Waals surface area contributed by atoms with Gasteiger partial charge in [-0.3, -0.25) is 0 Å². The number of hydrogen-bond donors (Lipinski definition) is 2. The van der Waals surface area contributed by atoms with Crippen molar-refractivity contribution in [3.8, 4) is 11.8 Å². The summed E-state index contributed by atoms with van der Waals surface area (Å²) in [6.45, 7) is 5.34. The lowest BCUT2D eigenvalue weighted by atomic mass is 10.2. The van der Waals surface area contributed by atoms with Gasteiger partial charge in [0.05, 0.1) is 17.8 Å². The Morgan fingerprint density at radius 3 is 2.74 bits per heavy atom. The molecule has 1 aromatic carbocycles. The minimum absolute atomic E-state index is 0.0582. The molecule has 0 fully saturated rings. The first kappa shape index (κ1) is 14.8. The maximum absolute atomic E-state index is 13.4. The van der Waals surface area contributed by atoms with E-state index in [0.717, 1.165) is 0 Å². The number of amides is 1. The van der Waals surface area contributed by atoms with Crippen LogP contribution in [0.15, 0.2) is 18.2 Å². The van der Waals surface area contributed by atoms with Crippen molar-refractivity contribution in [3.63, 3.8) is 0 Å². The molecule has 0 aliphatic carbocycles. The minimum Gasteiger partial charge on any atom is -0.444 e. The zero-order valence-corrected chi connectivity index (χ0v) is 11.2. The van der Waals surface area contributed by atoms with Crippen molar-refractivity contribution in [2.24, 2.45) is 0 Å². The number of hydrogen-bond acceptors (Lipinski definition) is 3. The molecule has 4 nitrogen and oxygen atoms in total. The van der Waals surface area contributed by atoms with Gasteiger partial charge in [0.25, 0.3) is 0 Å². The van der Waals surface area contributed by atoms with Gasteiger partial charge in [0, 0.05) is 0 Å². The number of ether oxygens (including phenoxy) is 1. The Kier molecular flexibility index (Phi) is 4.76. The highest BCUT2D eigenvalue weighted by Gasteiger charge is 2.15. The van der Waals surface area contributed by atoms with Crippen LogP contribution in [0.2, 0.25) is 0 Å². The molecular formula is C14H17FN2O2. The summed E-state index contributed by atoms with van der Waals surface area (Å²) in [6, 6.07) is 4.35. The number of alkyl carbamates (subject to hydrolysis) is 1. The molecule has 0 heterocycles. The Labute approximate surface area is 112 Å². The summed E-state index contributed by atoms with van der Waals surface area (Å²) in [4.78, 5) is 11.3. The van der Waals surface area contributed by atoms with E-state index in [1.54, 1.807) is 26.8 Å². The number of rotatable bonds is 1. The second-order valence-corrected chi connectivity index (χ2v) is 4.86. The van der Waals surface area contributed by atoms with Crippen molar-refractivity contribution in [1.29, 1.82) is 0 Å². The largest absolute Gasteiger partial charge is 0.444 e. The molecule has 0 radical (unpaired) electrons. The molecule has 0 aliphatic heterocycles. The van der Waals surface area contributed by atoms with Crippen molar-refractivity contribution in [2.45, 2.75) is 26.4 Å². The van der Waals surface area contributed by atoms with Gasteiger partial charge in [-0.2, -0.15) is 0 Å². The number of halogens is 1. The Morgan fingerprint density at radius 1 is 1.47 bits per heavy atom. The van der Waals surface area contributed by atoms with Crippen LogP contribution in [0.25, 0.3) is 0 Å². The van der Waals surface area contributed by atoms with Crippen LogP contribution in [-0.2, 0) is 4.74 Å². The van der Waals surface area contributed by atoms with Crippen molar-refractivity contribution in [3.05, 3.63) is 29.6 Å². The molecule has 19 heavy (non-hydrogen) atoms. The number of nitrogens with two attached hydrogens (primary N) is 1. The molecule has 3 N–H and O–H groups in total. The number of benzene rings is 1. The third-order valence-electron chi connectivity index (χ3n) is 1.98. The molecule has 1 rings (SSSR count). The quantitative estimate of drug-likeness (QED) is 0.604. The zero-order valence-electron chi connectivity index (χ0n) is 11.2. The highest BCUT2D eigenvalue weighted by Crippen LogP contribution is 2.13. The predicted octanol–water partition coefficient (Wildman–Crippen LogP) is 2.28. The molecule has 0 aliphatic rings. The summed E-state index contributed by atoms with van der Waals surface area (Å²) in [6.07, 6.45) is -0.566. The summed E-state index contributed by atoms with van der Waals surface area (Å²) >= 11 is 0. The van der Waals surface area contributed by atoms with E-state index in [1.165, 1.54) is 12.1 Å². The molecule has 0 spiro atoms. The van der Waals surface area contributed by atoms with Gasteiger partial charge >= 0.3 is 6.09 Å². The van der Waals surface area contributed by atoms with E-state index in [1.807, 2.05) is 0 Å². The highest BCUT2D eigenvalue weighted by atomic mass is 19.1. The van der Waals surface area contributed by atoms with Crippen LogP contribution in [0.4, 0.5) is 14.9 Å². The van der Waals surface area contributed by atoms with Gasteiger partial charge in [-0.05, 0) is 32.9 Å². The van der Waals surface area contributed by atoms with E-state index in [4.69, 9.17) is 10.5 Å². The van der Waals surface area contributed by atoms with Crippen LogP contribution < -0.4 is 11.1 Å². The SMILES string of the molecule is CC(C)(C)OC(=O)NCC#Cc1c(N)cccc1F. The standard InChI is InChI=1S/C14H17FN2O2/c1-14(2,3)19-13(18)17-9-5-6-10-11(15)7-4-8-12(10)16/h4,7-8H,9,16H2,1-3H3,(H,17,18). The normalized spacial score (nSPS) is 10.3. The molecule has 0 aromatic heterocycles. The Balaban J connectivity index is 2.55. The fourth-order valence-corrected chi connectivity index (χ4v) is 1.24. The number of carbonyl (C=O) groups excluding carboxylic acids is 1. The van der Waals surface area contributed by atoms with Crippen LogP contribution in [0.3, 0.4) is 0 Å². The van der Waals surface area contributed by atoms with E-state index in [9.17, 15) is 9.18 Å². The number of nitrogens with one attached hydrogen (secondary N) is 1. The first-order valence-electron chi connectivity index (χ1n) is 5.79. The third kappa shape index (κ3) is 5.30. The second-order valence-electron chi connectivity index (χ2n) is 4.86. The Hall–Kier alpha value is -2.22. The van der Waals surface area contributed by atoms with E-state index in [-0.39, 0.29) is 17.8 Å². The fraction of sp³-hybridized carbons (Fsp3) is 0.357. The smallest absolute Gasteiger partial charge is 0.408 e. The second kappa shape index (κ2) is 6.10. The van der Waals surface area contributed by atoms with Crippen LogP contribution in [0.5, 0.6) is 0 Å². The molecule has 5 heteroatoms. The predicted molar refractivity (Wildman–Crippen MR) is 71.9 cm³/mol. The van der Waals surface area contributed by atoms with Gasteiger partial charge in [-0.15, -0.1) is 0 Å². The van der Waals surface area contributed by atoms with E-state index >= 15 is 0 Å². The van der Waals surface area contributed by atoms with Gasteiger partial charge < -0.3 is 15.8 Å². The topological polar surface area (TPSA) is 64.3 Å². The van der Waals surface area contributed by atoms with Gasteiger partial charge in [-0.1, -0.05) is 17.9 Å². The highest BCUT2D eigenvalue weighted by molar-refractivity contribution is 5.68. The van der Waals surface area contributed by atoms with Crippen LogP contribution in [-0.4, -0.2) is 18.2 Å². The molecule has 0 saturated carbocycles. The van der Waals surface area contributed by atoms with E-state index < -0.39 is 17.5 Å². The summed E-state index contributed by atoms with van der Waals surface area (Å²) in [5, 5.41) is 2.45. The van der Waals surface area contributed by atoms with Gasteiger partial charge in [0.15, 0.2) is 0 Å². The summed E-state index contributed by atoms with van der Waals surface area (Å²) in [5.74, 6) is 4.72. The van der Waals surface area contributed by atoms with Crippen molar-refractivity contribution in [1.82, 2.24) is 5.32 Å². The molecular weight excluding hydrogens is 247 g/mol. The third-order valence-corrected chi connectivity index (χ3v) is 1.98. The lowest BCUT2D eigenvalue weighted by Gasteiger charge is -2.19. The maximum atomic E-state index is 13.4. The number of nitrogen functional groups attached to an aromatic ring is 1. The first-order chi connectivity index (χ1) is 8.79. The van der Waals surface area contributed by atoms with Crippen LogP contribution >= 0.6 is 0 Å². The van der Waals surface area contributed by atoms with E-state index in [0.29, 0.717) is 0 Å². The van der Waals surface area contributed by atoms with E-state index in [2.05, 4.69) is 17.2 Å². The number of carbonyl (C=O) groups is 1. The summed E-state index contributed by atoms with van der Waals surface area (Å²) in [5.41, 5.74) is 5.43. The monoisotopic (exact) mass is 264 g/mol. The maximum Gasteiger partial charge on any atom is 0.408 e. The van der Waals surface area contributed by atoms with Crippen molar-refractivity contribution >= 4 is 11.8 Å². The van der Waals surface area contributed by atoms with Gasteiger partial charge in [0.2, 0.25) is 0 Å². The molecule has 0 bridgehead atoms. The Bertz CT molecular complexity index is 504. The van der Waals surface area contributed by atoms with Crippen LogP contribution in [0, 0.1) is 17.7 Å². The molecule has 1 aromatic rings. The average molecular weight is 264 g/mol. The molecule has 0 saturated heterocycles. The Morgan fingerprint density at radius 2 is 2.16 bits per heavy atom. The minimum atomic E-state index is -0.566. The van der Waals surface area contributed by atoms with Crippen LogP contribution in [0.1, 0.15) is 26.3 Å². The fourth-order valence-electron chi connectivity index (χ4n) is 1.24. The zero-order chi connectivity index (χ0) is 14.5. The van der Waals surface area contributed by atoms with Crippen molar-refractivity contribution < 1.29 is 13.9 Å². The van der Waals surface area contributed by atoms with Gasteiger partial charge in [0.1, 0.15) is 11.4 Å². The molecule has 0 atom stereocenters. The number of anilines is 1. The lowest BCUT2D eigenvalue weighted by molar-refractivity contribution is 0.0535. The molecule has 1 amide bonds. The lowest BCUT2D eigenvalue weighted by Crippen LogP contribution is -2.32. The average Bonchev–Trinajstić information content (AvgIpc) is 2.25. The summed E-state index contributed by atoms with van der Waals surface area (Å²) < 4.78 is 18.4. The molecule has 102 valence electrons. The first-order valence-corrected chi connectivity index (χ1v) is 5.79. The summed E-state index contributed by atoms with van der Waals surface area (Å²) in [7, 11) is 0.